The summed E-state index contributed by atoms with van der Waals surface area (Å²) in [6.45, 7) is 7.38. The van der Waals surface area contributed by atoms with Crippen LogP contribution in [0.5, 0.6) is 0 Å². The van der Waals surface area contributed by atoms with Gasteiger partial charge in [-0.2, -0.15) is 0 Å². The first kappa shape index (κ1) is 9.44. The summed E-state index contributed by atoms with van der Waals surface area (Å²) >= 11 is 0. The summed E-state index contributed by atoms with van der Waals surface area (Å²) in [6.07, 6.45) is 1.76. The molecule has 0 radical (unpaired) electrons. The predicted octanol–water partition coefficient (Wildman–Crippen LogP) is 1.42. The Labute approximate surface area is 66.5 Å². The van der Waals surface area contributed by atoms with Crippen molar-refractivity contribution in [3.8, 4) is 6.57 Å². The molecule has 3 nitrogen and oxygen atoms in total. The smallest absolute Gasteiger partial charge is 0.0604 e. The first-order chi connectivity index (χ1) is 5.22. The van der Waals surface area contributed by atoms with E-state index in [1.54, 1.807) is 6.20 Å². The summed E-state index contributed by atoms with van der Waals surface area (Å²) in [5.41, 5.74) is 8.43. The normalized spacial score (nSPS) is 8.00. The van der Waals surface area contributed by atoms with Gasteiger partial charge in [-0.25, -0.2) is 5.26 Å². The fourth-order valence-corrected chi connectivity index (χ4v) is 0.706. The topological polar surface area (TPSA) is 62.7 Å². The van der Waals surface area contributed by atoms with Crippen LogP contribution >= 0.6 is 0 Å². The van der Waals surface area contributed by atoms with Crippen molar-refractivity contribution < 1.29 is 0 Å². The number of pyridine rings is 1. The van der Waals surface area contributed by atoms with Gasteiger partial charge in [0.1, 0.15) is 0 Å². The number of anilines is 1. The summed E-state index contributed by atoms with van der Waals surface area (Å²) < 4.78 is 0. The molecule has 0 spiro atoms. The van der Waals surface area contributed by atoms with Gasteiger partial charge in [0.15, 0.2) is 0 Å². The molecule has 0 amide bonds. The first-order valence-corrected chi connectivity index (χ1v) is 3.15. The Hall–Kier alpha value is -1.56. The molecule has 1 aromatic rings. The van der Waals surface area contributed by atoms with Crippen LogP contribution in [-0.4, -0.2) is 4.98 Å². The molecule has 0 bridgehead atoms. The molecule has 2 N–H and O–H groups in total. The number of aromatic nitrogens is 1. The molecule has 3 heteroatoms. The number of rotatable bonds is 0. The Morgan fingerprint density at radius 1 is 1.45 bits per heavy atom. The van der Waals surface area contributed by atoms with E-state index in [1.165, 1.54) is 0 Å². The van der Waals surface area contributed by atoms with Crippen LogP contribution in [0.3, 0.4) is 0 Å². The van der Waals surface area contributed by atoms with Crippen molar-refractivity contribution in [2.45, 2.75) is 13.8 Å². The summed E-state index contributed by atoms with van der Waals surface area (Å²) in [4.78, 5) is 4.01. The number of aryl methyl sites for hydroxylation is 2. The van der Waals surface area contributed by atoms with Crippen LogP contribution in [0.2, 0.25) is 0 Å². The average Bonchev–Trinajstić information content (AvgIpc) is 2.04. The fraction of sp³-hybridized carbons (Fsp3) is 0.250. The van der Waals surface area contributed by atoms with Crippen molar-refractivity contribution in [1.29, 1.82) is 5.26 Å². The van der Waals surface area contributed by atoms with Gasteiger partial charge in [0, 0.05) is 12.8 Å². The molecule has 1 aromatic heterocycles. The second-order valence-electron chi connectivity index (χ2n) is 2.13. The van der Waals surface area contributed by atoms with Gasteiger partial charge >= 0.3 is 0 Å². The Morgan fingerprint density at radius 3 is 2.36 bits per heavy atom. The Morgan fingerprint density at radius 2 is 2.00 bits per heavy atom. The van der Waals surface area contributed by atoms with E-state index in [4.69, 9.17) is 11.0 Å². The minimum absolute atomic E-state index is 0.803. The van der Waals surface area contributed by atoms with E-state index in [2.05, 4.69) is 11.6 Å². The highest BCUT2D eigenvalue weighted by Crippen LogP contribution is 2.10. The van der Waals surface area contributed by atoms with E-state index in [0.29, 0.717) is 0 Å². The second-order valence-corrected chi connectivity index (χ2v) is 2.13. The van der Waals surface area contributed by atoms with E-state index >= 15 is 0 Å². The maximum absolute atomic E-state index is 6.50. The van der Waals surface area contributed by atoms with Gasteiger partial charge in [0.2, 0.25) is 0 Å². The van der Waals surface area contributed by atoms with Gasteiger partial charge in [-0.15, -0.1) is 0 Å². The highest BCUT2D eigenvalue weighted by molar-refractivity contribution is 5.48. The third-order valence-corrected chi connectivity index (χ3v) is 1.41. The van der Waals surface area contributed by atoms with Gasteiger partial charge in [0.25, 0.3) is 0 Å². The molecule has 0 unspecified atom stereocenters. The summed E-state index contributed by atoms with van der Waals surface area (Å²) in [7, 11) is 0. The van der Waals surface area contributed by atoms with E-state index < -0.39 is 0 Å². The minimum Gasteiger partial charge on any atom is -0.397 e. The molecule has 58 valence electrons. The lowest BCUT2D eigenvalue weighted by Gasteiger charge is -1.99. The quantitative estimate of drug-likeness (QED) is 0.606. The summed E-state index contributed by atoms with van der Waals surface area (Å²) in [6, 6.07) is 1.91. The Balaban J connectivity index is 0.000000461. The molecular formula is C8H11N3. The molecule has 0 aliphatic carbocycles. The number of hydrogen-bond donors (Lipinski definition) is 1. The molecule has 1 rings (SSSR count). The first-order valence-electron chi connectivity index (χ1n) is 3.15. The van der Waals surface area contributed by atoms with Crippen LogP contribution in [0.25, 0.3) is 0 Å². The average molecular weight is 149 g/mol. The van der Waals surface area contributed by atoms with Crippen LogP contribution < -0.4 is 5.73 Å². The lowest BCUT2D eigenvalue weighted by atomic mass is 10.2. The molecule has 1 heterocycles. The number of nitrogens with zero attached hydrogens (tertiary/aromatic N) is 2. The van der Waals surface area contributed by atoms with Crippen LogP contribution in [0.4, 0.5) is 5.69 Å². The summed E-state index contributed by atoms with van der Waals surface area (Å²) in [5, 5.41) is 6.50. The number of nitriles is 1. The monoisotopic (exact) mass is 149 g/mol. The van der Waals surface area contributed by atoms with Gasteiger partial charge in [-0.3, -0.25) is 4.98 Å². The van der Waals surface area contributed by atoms with Crippen LogP contribution in [0.1, 0.15) is 11.3 Å². The zero-order valence-corrected chi connectivity index (χ0v) is 6.70. The molecule has 0 aliphatic rings. The molecule has 0 atom stereocenters. The lowest BCUT2D eigenvalue weighted by Crippen LogP contribution is -1.94. The predicted molar refractivity (Wildman–Crippen MR) is 44.8 cm³/mol. The number of nitrogen functional groups attached to an aromatic ring is 1. The SMILES string of the molecule is C#N.Cc1ccnc(C)c1N. The maximum atomic E-state index is 6.50. The van der Waals surface area contributed by atoms with Gasteiger partial charge < -0.3 is 5.73 Å². The molecular weight excluding hydrogens is 138 g/mol. The van der Waals surface area contributed by atoms with E-state index in [1.807, 2.05) is 19.9 Å². The Kier molecular flexibility index (Phi) is 3.68. The van der Waals surface area contributed by atoms with E-state index in [-0.39, 0.29) is 0 Å². The molecule has 0 saturated carbocycles. The Bertz CT molecular complexity index is 233. The van der Waals surface area contributed by atoms with E-state index in [9.17, 15) is 0 Å². The standard InChI is InChI=1S/C7H10N2.CHN/c1-5-3-4-9-6(2)7(5)8;1-2/h3-4H,8H2,1-2H3;1H. The van der Waals surface area contributed by atoms with Crippen LogP contribution in [0.15, 0.2) is 12.3 Å². The van der Waals surface area contributed by atoms with Crippen molar-refractivity contribution in [1.82, 2.24) is 4.98 Å². The zero-order valence-electron chi connectivity index (χ0n) is 6.70. The minimum atomic E-state index is 0.803. The molecule has 0 aromatic carbocycles. The van der Waals surface area contributed by atoms with Crippen molar-refractivity contribution in [3.05, 3.63) is 23.5 Å². The van der Waals surface area contributed by atoms with Gasteiger partial charge in [-0.1, -0.05) is 0 Å². The van der Waals surface area contributed by atoms with Crippen molar-refractivity contribution in [3.63, 3.8) is 0 Å². The maximum Gasteiger partial charge on any atom is 0.0604 e. The molecule has 0 saturated heterocycles. The summed E-state index contributed by atoms with van der Waals surface area (Å²) in [5.74, 6) is 0. The van der Waals surface area contributed by atoms with Crippen LogP contribution in [0, 0.1) is 25.7 Å². The molecule has 11 heavy (non-hydrogen) atoms. The van der Waals surface area contributed by atoms with Crippen molar-refractivity contribution in [2.24, 2.45) is 0 Å². The third kappa shape index (κ3) is 2.26. The van der Waals surface area contributed by atoms with E-state index in [0.717, 1.165) is 16.9 Å². The second kappa shape index (κ2) is 4.29. The number of hydrogen-bond acceptors (Lipinski definition) is 3. The van der Waals surface area contributed by atoms with Crippen molar-refractivity contribution in [2.75, 3.05) is 5.73 Å². The number of nitrogens with two attached hydrogens (primary N) is 1. The van der Waals surface area contributed by atoms with Gasteiger partial charge in [-0.05, 0) is 25.5 Å². The highest BCUT2D eigenvalue weighted by atomic mass is 14.7. The van der Waals surface area contributed by atoms with Gasteiger partial charge in [0.05, 0.1) is 11.4 Å². The fourth-order valence-electron chi connectivity index (χ4n) is 0.706. The zero-order chi connectivity index (χ0) is 8.85. The lowest BCUT2D eigenvalue weighted by molar-refractivity contribution is 1.18. The third-order valence-electron chi connectivity index (χ3n) is 1.41. The highest BCUT2D eigenvalue weighted by Gasteiger charge is 1.94. The molecule has 0 fully saturated rings. The largest absolute Gasteiger partial charge is 0.397 e. The van der Waals surface area contributed by atoms with Crippen LogP contribution in [-0.2, 0) is 0 Å². The van der Waals surface area contributed by atoms with Crippen molar-refractivity contribution >= 4 is 5.69 Å². The molecule has 0 aliphatic heterocycles.